The average molecular weight is 264 g/mol. The van der Waals surface area contributed by atoms with Crippen LogP contribution in [0.4, 0.5) is 0 Å². The van der Waals surface area contributed by atoms with E-state index in [4.69, 9.17) is 16.3 Å². The van der Waals surface area contributed by atoms with Crippen LogP contribution in [0.3, 0.4) is 0 Å². The maximum Gasteiger partial charge on any atom is 0.223 e. The first-order valence-corrected chi connectivity index (χ1v) is 6.15. The molecule has 1 aromatic carbocycles. The molecule has 0 N–H and O–H groups in total. The third kappa shape index (κ3) is 2.74. The number of hydrogen-bond acceptors (Lipinski definition) is 2. The number of hydrogen-bond donors (Lipinski definition) is 0. The molecule has 2 aromatic rings. The zero-order valence-electron chi connectivity index (χ0n) is 10.1. The summed E-state index contributed by atoms with van der Waals surface area (Å²) in [5.41, 5.74) is 1.79. The van der Waals surface area contributed by atoms with E-state index in [1.165, 1.54) is 13.2 Å². The van der Waals surface area contributed by atoms with Crippen LogP contribution in [0.2, 0.25) is 0 Å². The standard InChI is InChI=1S/C14H14ClNO2/c1-18-14-10-16(12(8-15)7-13(14)17)9-11-5-3-2-4-6-11/h2-7,10H,8-9H2,1H3. The summed E-state index contributed by atoms with van der Waals surface area (Å²) in [6.45, 7) is 0.666. The summed E-state index contributed by atoms with van der Waals surface area (Å²) >= 11 is 5.87. The minimum absolute atomic E-state index is 0.141. The van der Waals surface area contributed by atoms with Crippen LogP contribution in [-0.4, -0.2) is 11.7 Å². The van der Waals surface area contributed by atoms with Crippen molar-refractivity contribution in [3.63, 3.8) is 0 Å². The van der Waals surface area contributed by atoms with Gasteiger partial charge in [-0.05, 0) is 5.56 Å². The predicted molar refractivity (Wildman–Crippen MR) is 72.4 cm³/mol. The molecule has 0 bridgehead atoms. The van der Waals surface area contributed by atoms with E-state index in [9.17, 15) is 4.79 Å². The largest absolute Gasteiger partial charge is 0.491 e. The molecule has 0 saturated carbocycles. The van der Waals surface area contributed by atoms with Crippen molar-refractivity contribution in [2.45, 2.75) is 12.4 Å². The molecule has 0 aliphatic heterocycles. The van der Waals surface area contributed by atoms with E-state index < -0.39 is 0 Å². The van der Waals surface area contributed by atoms with Crippen LogP contribution >= 0.6 is 11.6 Å². The van der Waals surface area contributed by atoms with Crippen LogP contribution in [-0.2, 0) is 12.4 Å². The van der Waals surface area contributed by atoms with Gasteiger partial charge < -0.3 is 9.30 Å². The second-order valence-corrected chi connectivity index (χ2v) is 4.21. The zero-order valence-corrected chi connectivity index (χ0v) is 10.9. The van der Waals surface area contributed by atoms with Gasteiger partial charge >= 0.3 is 0 Å². The lowest BCUT2D eigenvalue weighted by Crippen LogP contribution is -2.14. The van der Waals surface area contributed by atoms with E-state index in [1.54, 1.807) is 6.20 Å². The molecule has 0 amide bonds. The van der Waals surface area contributed by atoms with Gasteiger partial charge in [0.25, 0.3) is 0 Å². The summed E-state index contributed by atoms with van der Waals surface area (Å²) in [7, 11) is 1.49. The Balaban J connectivity index is 2.40. The van der Waals surface area contributed by atoms with Gasteiger partial charge in [-0.25, -0.2) is 0 Å². The van der Waals surface area contributed by atoms with E-state index in [-0.39, 0.29) is 5.43 Å². The number of alkyl halides is 1. The highest BCUT2D eigenvalue weighted by molar-refractivity contribution is 6.16. The zero-order chi connectivity index (χ0) is 13.0. The highest BCUT2D eigenvalue weighted by atomic mass is 35.5. The van der Waals surface area contributed by atoms with Crippen LogP contribution in [0.5, 0.6) is 5.75 Å². The Labute approximate surface area is 111 Å². The molecular weight excluding hydrogens is 250 g/mol. The Morgan fingerprint density at radius 2 is 2.00 bits per heavy atom. The highest BCUT2D eigenvalue weighted by Gasteiger charge is 2.06. The first kappa shape index (κ1) is 12.7. The summed E-state index contributed by atoms with van der Waals surface area (Å²) < 4.78 is 6.98. The van der Waals surface area contributed by atoms with Crippen LogP contribution in [0.15, 0.2) is 47.4 Å². The number of ether oxygens (including phenoxy) is 1. The molecule has 4 heteroatoms. The Hall–Kier alpha value is -1.74. The van der Waals surface area contributed by atoms with Crippen molar-refractivity contribution in [1.82, 2.24) is 4.57 Å². The molecule has 1 aromatic heterocycles. The van der Waals surface area contributed by atoms with Gasteiger partial charge in [0.05, 0.1) is 19.2 Å². The van der Waals surface area contributed by atoms with Crippen molar-refractivity contribution < 1.29 is 4.74 Å². The number of methoxy groups -OCH3 is 1. The molecule has 0 radical (unpaired) electrons. The SMILES string of the molecule is COc1cn(Cc2ccccc2)c(CCl)cc1=O. The molecule has 1 heterocycles. The van der Waals surface area contributed by atoms with Crippen LogP contribution < -0.4 is 10.2 Å². The maximum absolute atomic E-state index is 11.6. The minimum atomic E-state index is -0.141. The lowest BCUT2D eigenvalue weighted by atomic mass is 10.2. The summed E-state index contributed by atoms with van der Waals surface area (Å²) in [5, 5.41) is 0. The van der Waals surface area contributed by atoms with Crippen LogP contribution in [0.1, 0.15) is 11.3 Å². The molecule has 18 heavy (non-hydrogen) atoms. The van der Waals surface area contributed by atoms with Gasteiger partial charge in [-0.1, -0.05) is 30.3 Å². The molecule has 0 saturated heterocycles. The van der Waals surface area contributed by atoms with Crippen molar-refractivity contribution >= 4 is 11.6 Å². The molecule has 0 aliphatic rings. The fourth-order valence-electron chi connectivity index (χ4n) is 1.79. The van der Waals surface area contributed by atoms with Crippen molar-refractivity contribution in [1.29, 1.82) is 0 Å². The lowest BCUT2D eigenvalue weighted by molar-refractivity contribution is 0.405. The third-order valence-electron chi connectivity index (χ3n) is 2.74. The van der Waals surface area contributed by atoms with Crippen molar-refractivity contribution in [2.24, 2.45) is 0 Å². The summed E-state index contributed by atoms with van der Waals surface area (Å²) in [4.78, 5) is 11.6. The Bertz CT molecular complexity index is 578. The van der Waals surface area contributed by atoms with Gasteiger partial charge in [0, 0.05) is 18.3 Å². The van der Waals surface area contributed by atoms with Crippen LogP contribution in [0, 0.1) is 0 Å². The number of nitrogens with zero attached hydrogens (tertiary/aromatic N) is 1. The second kappa shape index (κ2) is 5.74. The van der Waals surface area contributed by atoms with E-state index in [1.807, 2.05) is 34.9 Å². The van der Waals surface area contributed by atoms with Gasteiger partial charge in [-0.15, -0.1) is 11.6 Å². The van der Waals surface area contributed by atoms with Gasteiger partial charge in [0.2, 0.25) is 5.43 Å². The van der Waals surface area contributed by atoms with Crippen molar-refractivity contribution in [3.8, 4) is 5.75 Å². The van der Waals surface area contributed by atoms with E-state index in [0.29, 0.717) is 18.2 Å². The highest BCUT2D eigenvalue weighted by Crippen LogP contribution is 2.11. The Morgan fingerprint density at radius 3 is 2.61 bits per heavy atom. The van der Waals surface area contributed by atoms with Gasteiger partial charge in [0.1, 0.15) is 0 Å². The summed E-state index contributed by atoms with van der Waals surface area (Å²) in [6.07, 6.45) is 1.70. The van der Waals surface area contributed by atoms with Crippen molar-refractivity contribution in [2.75, 3.05) is 7.11 Å². The molecule has 2 rings (SSSR count). The average Bonchev–Trinajstić information content (AvgIpc) is 2.41. The fourth-order valence-corrected chi connectivity index (χ4v) is 2.02. The van der Waals surface area contributed by atoms with E-state index in [2.05, 4.69) is 0 Å². The number of halogens is 1. The molecule has 0 aliphatic carbocycles. The normalized spacial score (nSPS) is 10.3. The number of pyridine rings is 1. The fraction of sp³-hybridized carbons (Fsp3) is 0.214. The molecule has 0 spiro atoms. The predicted octanol–water partition coefficient (Wildman–Crippen LogP) is 2.64. The first-order chi connectivity index (χ1) is 8.74. The topological polar surface area (TPSA) is 31.2 Å². The quantitative estimate of drug-likeness (QED) is 0.794. The summed E-state index contributed by atoms with van der Waals surface area (Å²) in [5.74, 6) is 0.631. The van der Waals surface area contributed by atoms with Crippen molar-refractivity contribution in [3.05, 3.63) is 64.1 Å². The third-order valence-corrected chi connectivity index (χ3v) is 3.01. The molecule has 0 fully saturated rings. The van der Waals surface area contributed by atoms with Gasteiger partial charge in [-0.3, -0.25) is 4.79 Å². The van der Waals surface area contributed by atoms with E-state index >= 15 is 0 Å². The molecule has 94 valence electrons. The molecule has 0 unspecified atom stereocenters. The lowest BCUT2D eigenvalue weighted by Gasteiger charge is -2.13. The van der Waals surface area contributed by atoms with E-state index in [0.717, 1.165) is 11.3 Å². The Morgan fingerprint density at radius 1 is 1.28 bits per heavy atom. The van der Waals surface area contributed by atoms with Crippen LogP contribution in [0.25, 0.3) is 0 Å². The Kier molecular flexibility index (Phi) is 4.05. The number of rotatable bonds is 4. The monoisotopic (exact) mass is 263 g/mol. The number of aromatic nitrogens is 1. The van der Waals surface area contributed by atoms with Gasteiger partial charge in [0.15, 0.2) is 5.75 Å². The number of benzene rings is 1. The molecular formula is C14H14ClNO2. The second-order valence-electron chi connectivity index (χ2n) is 3.94. The molecule has 3 nitrogen and oxygen atoms in total. The smallest absolute Gasteiger partial charge is 0.223 e. The minimum Gasteiger partial charge on any atom is -0.491 e. The van der Waals surface area contributed by atoms with Gasteiger partial charge in [-0.2, -0.15) is 0 Å². The first-order valence-electron chi connectivity index (χ1n) is 5.62. The maximum atomic E-state index is 11.6. The molecule has 0 atom stereocenters. The summed E-state index contributed by atoms with van der Waals surface area (Å²) in [6, 6.07) is 11.5.